The highest BCUT2D eigenvalue weighted by Gasteiger charge is 2.09. The SMILES string of the molecule is COc1cc(C=NNC(=O)c2cncc(-c3ccccn3)n2)cc(OC)c1. The molecule has 2 aromatic heterocycles. The summed E-state index contributed by atoms with van der Waals surface area (Å²) in [6.07, 6.45) is 6.05. The lowest BCUT2D eigenvalue weighted by Crippen LogP contribution is -2.19. The Morgan fingerprint density at radius 3 is 2.52 bits per heavy atom. The van der Waals surface area contributed by atoms with E-state index in [1.807, 2.05) is 6.07 Å². The van der Waals surface area contributed by atoms with Crippen LogP contribution in [-0.2, 0) is 0 Å². The second kappa shape index (κ2) is 8.52. The van der Waals surface area contributed by atoms with Crippen LogP contribution in [0.3, 0.4) is 0 Å². The van der Waals surface area contributed by atoms with Crippen molar-refractivity contribution in [3.63, 3.8) is 0 Å². The van der Waals surface area contributed by atoms with E-state index in [9.17, 15) is 4.79 Å². The van der Waals surface area contributed by atoms with Crippen molar-refractivity contribution in [3.8, 4) is 22.9 Å². The van der Waals surface area contributed by atoms with Crippen molar-refractivity contribution in [1.82, 2.24) is 20.4 Å². The van der Waals surface area contributed by atoms with Crippen LogP contribution >= 0.6 is 0 Å². The first-order valence-electron chi connectivity index (χ1n) is 7.99. The highest BCUT2D eigenvalue weighted by Crippen LogP contribution is 2.21. The minimum Gasteiger partial charge on any atom is -0.497 e. The third-order valence-electron chi connectivity index (χ3n) is 3.55. The van der Waals surface area contributed by atoms with Crippen LogP contribution in [0.4, 0.5) is 0 Å². The van der Waals surface area contributed by atoms with E-state index in [1.165, 1.54) is 12.4 Å². The van der Waals surface area contributed by atoms with Crippen LogP contribution in [0.15, 0.2) is 60.1 Å². The molecule has 0 atom stereocenters. The molecule has 3 aromatic rings. The van der Waals surface area contributed by atoms with Crippen molar-refractivity contribution in [2.75, 3.05) is 14.2 Å². The molecule has 0 aliphatic heterocycles. The number of nitrogens with zero attached hydrogens (tertiary/aromatic N) is 4. The van der Waals surface area contributed by atoms with Gasteiger partial charge in [0.15, 0.2) is 0 Å². The normalized spacial score (nSPS) is 10.6. The lowest BCUT2D eigenvalue weighted by molar-refractivity contribution is 0.0950. The summed E-state index contributed by atoms with van der Waals surface area (Å²) in [5.74, 6) is 0.763. The van der Waals surface area contributed by atoms with Gasteiger partial charge in [-0.05, 0) is 24.3 Å². The van der Waals surface area contributed by atoms with Gasteiger partial charge in [-0.15, -0.1) is 0 Å². The van der Waals surface area contributed by atoms with Crippen LogP contribution in [0.1, 0.15) is 16.1 Å². The van der Waals surface area contributed by atoms with Crippen LogP contribution in [0, 0.1) is 0 Å². The third kappa shape index (κ3) is 4.63. The first-order chi connectivity index (χ1) is 13.2. The average molecular weight is 363 g/mol. The summed E-state index contributed by atoms with van der Waals surface area (Å²) in [4.78, 5) is 24.8. The maximum atomic E-state index is 12.3. The Morgan fingerprint density at radius 1 is 1.07 bits per heavy atom. The zero-order chi connectivity index (χ0) is 19.1. The quantitative estimate of drug-likeness (QED) is 0.533. The molecule has 27 heavy (non-hydrogen) atoms. The van der Waals surface area contributed by atoms with Gasteiger partial charge >= 0.3 is 0 Å². The maximum Gasteiger partial charge on any atom is 0.291 e. The molecule has 8 nitrogen and oxygen atoms in total. The van der Waals surface area contributed by atoms with Crippen molar-refractivity contribution in [1.29, 1.82) is 0 Å². The molecule has 0 unspecified atom stereocenters. The van der Waals surface area contributed by atoms with Gasteiger partial charge in [0, 0.05) is 17.8 Å². The molecule has 8 heteroatoms. The molecule has 2 heterocycles. The number of pyridine rings is 1. The van der Waals surface area contributed by atoms with E-state index in [2.05, 4.69) is 25.5 Å². The summed E-state index contributed by atoms with van der Waals surface area (Å²) < 4.78 is 10.4. The number of nitrogens with one attached hydrogen (secondary N) is 1. The smallest absolute Gasteiger partial charge is 0.291 e. The number of benzene rings is 1. The molecule has 0 aliphatic rings. The van der Waals surface area contributed by atoms with Crippen molar-refractivity contribution in [2.24, 2.45) is 5.10 Å². The fourth-order valence-corrected chi connectivity index (χ4v) is 2.24. The third-order valence-corrected chi connectivity index (χ3v) is 3.55. The van der Waals surface area contributed by atoms with Crippen molar-refractivity contribution < 1.29 is 14.3 Å². The zero-order valence-electron chi connectivity index (χ0n) is 14.8. The fourth-order valence-electron chi connectivity index (χ4n) is 2.24. The predicted octanol–water partition coefficient (Wildman–Crippen LogP) is 2.32. The highest BCUT2D eigenvalue weighted by atomic mass is 16.5. The number of aromatic nitrogens is 3. The number of carbonyl (C=O) groups excluding carboxylic acids is 1. The summed E-state index contributed by atoms with van der Waals surface area (Å²) in [5.41, 5.74) is 4.41. The molecule has 0 saturated carbocycles. The van der Waals surface area contributed by atoms with Gasteiger partial charge in [-0.25, -0.2) is 10.4 Å². The predicted molar refractivity (Wildman–Crippen MR) is 99.9 cm³/mol. The van der Waals surface area contributed by atoms with Crippen molar-refractivity contribution in [2.45, 2.75) is 0 Å². The molecule has 0 bridgehead atoms. The van der Waals surface area contributed by atoms with E-state index in [-0.39, 0.29) is 5.69 Å². The lowest BCUT2D eigenvalue weighted by atomic mass is 10.2. The molecule has 0 spiro atoms. The standard InChI is InChI=1S/C19H17N5O3/c1-26-14-7-13(8-15(9-14)27-2)10-22-24-19(25)18-12-20-11-17(23-18)16-5-3-4-6-21-16/h3-12H,1-2H3,(H,24,25). The molecule has 1 N–H and O–H groups in total. The first kappa shape index (κ1) is 18.0. The fraction of sp³-hybridized carbons (Fsp3) is 0.105. The van der Waals surface area contributed by atoms with E-state index in [0.29, 0.717) is 28.5 Å². The van der Waals surface area contributed by atoms with E-state index in [4.69, 9.17) is 9.47 Å². The number of carbonyl (C=O) groups is 1. The minimum absolute atomic E-state index is 0.138. The number of amides is 1. The number of methoxy groups -OCH3 is 2. The first-order valence-corrected chi connectivity index (χ1v) is 7.99. The van der Waals surface area contributed by atoms with Gasteiger partial charge in [-0.1, -0.05) is 6.07 Å². The molecular formula is C19H17N5O3. The molecule has 0 radical (unpaired) electrons. The summed E-state index contributed by atoms with van der Waals surface area (Å²) in [6.45, 7) is 0. The second-order valence-electron chi connectivity index (χ2n) is 5.35. The van der Waals surface area contributed by atoms with Crippen molar-refractivity contribution >= 4 is 12.1 Å². The largest absolute Gasteiger partial charge is 0.497 e. The number of rotatable bonds is 6. The van der Waals surface area contributed by atoms with Crippen LogP contribution in [0.2, 0.25) is 0 Å². The zero-order valence-corrected chi connectivity index (χ0v) is 14.8. The summed E-state index contributed by atoms with van der Waals surface area (Å²) in [7, 11) is 3.12. The Hall–Kier alpha value is -3.81. The molecule has 0 fully saturated rings. The second-order valence-corrected chi connectivity index (χ2v) is 5.35. The van der Waals surface area contributed by atoms with Gasteiger partial charge in [0.05, 0.1) is 38.5 Å². The topological polar surface area (TPSA) is 98.6 Å². The van der Waals surface area contributed by atoms with Gasteiger partial charge in [0.1, 0.15) is 22.9 Å². The van der Waals surface area contributed by atoms with Gasteiger partial charge in [0.2, 0.25) is 0 Å². The minimum atomic E-state index is -0.480. The van der Waals surface area contributed by atoms with Crippen LogP contribution in [0.5, 0.6) is 11.5 Å². The van der Waals surface area contributed by atoms with E-state index >= 15 is 0 Å². The Labute approximate surface area is 155 Å². The Bertz CT molecular complexity index is 938. The van der Waals surface area contributed by atoms with Crippen LogP contribution < -0.4 is 14.9 Å². The van der Waals surface area contributed by atoms with Gasteiger partial charge < -0.3 is 9.47 Å². The number of hydrogen-bond donors (Lipinski definition) is 1. The Balaban J connectivity index is 1.72. The van der Waals surface area contributed by atoms with Crippen LogP contribution in [-0.4, -0.2) is 41.3 Å². The number of hydrazone groups is 1. The average Bonchev–Trinajstić information content (AvgIpc) is 2.74. The molecule has 0 saturated heterocycles. The van der Waals surface area contributed by atoms with E-state index in [0.717, 1.165) is 0 Å². The monoisotopic (exact) mass is 363 g/mol. The summed E-state index contributed by atoms with van der Waals surface area (Å²) >= 11 is 0. The van der Waals surface area contributed by atoms with Gasteiger partial charge in [-0.3, -0.25) is 14.8 Å². The van der Waals surface area contributed by atoms with E-state index in [1.54, 1.807) is 56.9 Å². The van der Waals surface area contributed by atoms with Crippen LogP contribution in [0.25, 0.3) is 11.4 Å². The summed E-state index contributed by atoms with van der Waals surface area (Å²) in [6, 6.07) is 10.7. The van der Waals surface area contributed by atoms with Crippen molar-refractivity contribution in [3.05, 3.63) is 66.2 Å². The Morgan fingerprint density at radius 2 is 1.85 bits per heavy atom. The molecule has 136 valence electrons. The molecule has 1 aromatic carbocycles. The molecule has 3 rings (SSSR count). The maximum absolute atomic E-state index is 12.3. The van der Waals surface area contributed by atoms with E-state index < -0.39 is 5.91 Å². The lowest BCUT2D eigenvalue weighted by Gasteiger charge is -2.05. The highest BCUT2D eigenvalue weighted by molar-refractivity contribution is 5.93. The Kier molecular flexibility index (Phi) is 5.68. The summed E-state index contributed by atoms with van der Waals surface area (Å²) in [5, 5.41) is 3.95. The molecular weight excluding hydrogens is 346 g/mol. The number of hydrogen-bond acceptors (Lipinski definition) is 7. The molecule has 1 amide bonds. The number of ether oxygens (including phenoxy) is 2. The molecule has 0 aliphatic carbocycles. The van der Waals surface area contributed by atoms with Gasteiger partial charge in [0.25, 0.3) is 5.91 Å². The van der Waals surface area contributed by atoms with Gasteiger partial charge in [-0.2, -0.15) is 5.10 Å².